The Balaban J connectivity index is 1.45. The number of piperidine rings is 1. The molecule has 0 unspecified atom stereocenters. The molecule has 5 aromatic rings. The summed E-state index contributed by atoms with van der Waals surface area (Å²) in [5, 5.41) is 19.2. The van der Waals surface area contributed by atoms with E-state index in [4.69, 9.17) is 4.74 Å². The number of aromatic nitrogens is 5. The summed E-state index contributed by atoms with van der Waals surface area (Å²) in [6, 6.07) is 14.7. The van der Waals surface area contributed by atoms with E-state index in [0.717, 1.165) is 10.9 Å². The van der Waals surface area contributed by atoms with Crippen LogP contribution in [0.3, 0.4) is 0 Å². The number of hydrogen-bond donors (Lipinski definition) is 1. The van der Waals surface area contributed by atoms with Crippen LogP contribution in [0.1, 0.15) is 49.5 Å². The lowest BCUT2D eigenvalue weighted by Gasteiger charge is -2.39. The van der Waals surface area contributed by atoms with Crippen molar-refractivity contribution in [3.63, 3.8) is 0 Å². The first-order valence-electron chi connectivity index (χ1n) is 15.1. The van der Waals surface area contributed by atoms with Gasteiger partial charge in [0.1, 0.15) is 22.8 Å². The molecule has 2 amide bonds. The van der Waals surface area contributed by atoms with Crippen molar-refractivity contribution < 1.29 is 23.8 Å². The third-order valence-electron chi connectivity index (χ3n) is 7.70. The predicted molar refractivity (Wildman–Crippen MR) is 172 cm³/mol. The largest absolute Gasteiger partial charge is 0.444 e. The molecule has 0 saturated carbocycles. The number of pyridine rings is 2. The fraction of sp³-hybridized carbons (Fsp3) is 0.294. The minimum absolute atomic E-state index is 0.169. The normalized spacial score (nSPS) is 15.5. The van der Waals surface area contributed by atoms with Crippen molar-refractivity contribution in [2.45, 2.75) is 45.3 Å². The number of likely N-dealkylation sites (tertiary alicyclic amines) is 1. The number of aliphatic hydroxyl groups excluding tert-OH is 1. The third-order valence-corrected chi connectivity index (χ3v) is 7.70. The van der Waals surface area contributed by atoms with Gasteiger partial charge in [-0.05, 0) is 74.9 Å². The first kappa shape index (κ1) is 30.8. The number of ether oxygens (including phenoxy) is 1. The van der Waals surface area contributed by atoms with Gasteiger partial charge in [-0.25, -0.2) is 19.2 Å². The van der Waals surface area contributed by atoms with E-state index in [-0.39, 0.29) is 18.7 Å². The number of fused-ring (bicyclic) bond motifs is 2. The highest BCUT2D eigenvalue weighted by Crippen LogP contribution is 2.34. The Morgan fingerprint density at radius 2 is 1.96 bits per heavy atom. The van der Waals surface area contributed by atoms with Crippen LogP contribution < -0.4 is 4.90 Å². The summed E-state index contributed by atoms with van der Waals surface area (Å²) in [6.45, 7) is 5.86. The molecule has 0 aliphatic carbocycles. The van der Waals surface area contributed by atoms with Gasteiger partial charge in [0.25, 0.3) is 5.91 Å². The first-order valence-corrected chi connectivity index (χ1v) is 15.1. The molecule has 1 saturated heterocycles. The highest BCUT2D eigenvalue weighted by atomic mass is 19.1. The van der Waals surface area contributed by atoms with E-state index >= 15 is 4.39 Å². The molecular weight excluding hydrogens is 589 g/mol. The summed E-state index contributed by atoms with van der Waals surface area (Å²) in [4.78, 5) is 39.7. The zero-order valence-electron chi connectivity index (χ0n) is 25.8. The molecule has 1 atom stereocenters. The zero-order chi connectivity index (χ0) is 32.4. The Morgan fingerprint density at radius 1 is 1.11 bits per heavy atom. The molecule has 2 aromatic carbocycles. The van der Waals surface area contributed by atoms with Crippen molar-refractivity contribution in [3.05, 3.63) is 90.0 Å². The van der Waals surface area contributed by atoms with Crippen LogP contribution in [0.5, 0.6) is 0 Å². The molecule has 236 valence electrons. The maximum absolute atomic E-state index is 16.0. The van der Waals surface area contributed by atoms with E-state index in [2.05, 4.69) is 20.3 Å². The zero-order valence-corrected chi connectivity index (χ0v) is 25.8. The van der Waals surface area contributed by atoms with Crippen molar-refractivity contribution in [1.29, 1.82) is 0 Å². The fourth-order valence-electron chi connectivity index (χ4n) is 5.71. The van der Waals surface area contributed by atoms with Crippen LogP contribution in [0.2, 0.25) is 0 Å². The number of carbonyl (C=O) groups is 2. The lowest BCUT2D eigenvalue weighted by atomic mass is 9.99. The molecule has 1 aliphatic rings. The number of carbonyl (C=O) groups excluding carboxylic acids is 2. The van der Waals surface area contributed by atoms with Crippen LogP contribution in [0.25, 0.3) is 33.7 Å². The molecule has 0 bridgehead atoms. The van der Waals surface area contributed by atoms with Gasteiger partial charge in [0.05, 0.1) is 23.9 Å². The number of halogens is 1. The average Bonchev–Trinajstić information content (AvgIpc) is 3.47. The smallest absolute Gasteiger partial charge is 0.410 e. The number of rotatable bonds is 6. The van der Waals surface area contributed by atoms with Gasteiger partial charge >= 0.3 is 6.09 Å². The molecule has 4 heterocycles. The van der Waals surface area contributed by atoms with Gasteiger partial charge in [-0.15, -0.1) is 5.10 Å². The Hall–Kier alpha value is -5.23. The second kappa shape index (κ2) is 12.6. The molecule has 0 spiro atoms. The molecule has 6 rings (SSSR count). The van der Waals surface area contributed by atoms with Crippen LogP contribution in [-0.2, 0) is 4.74 Å². The Kier molecular flexibility index (Phi) is 8.46. The lowest BCUT2D eigenvalue weighted by molar-refractivity contribution is 0.0196. The standard InChI is InChI=1S/C34H34FN7O4/c1-34(2,3)46-33(45)40-18-6-11-25(21-40)41(31-29-22(10-7-19-43)8-4-9-23(29)15-17-37-31)32(44)26-14-13-24(20-27(26)35)42-30-28(38-39-42)12-5-16-36-30/h4-5,7-10,12-17,20,25,43H,6,11,18-19,21H2,1-3H3/b10-7+/t25-/m1/s1. The first-order chi connectivity index (χ1) is 22.1. The number of hydrogen-bond acceptors (Lipinski definition) is 8. The van der Waals surface area contributed by atoms with Crippen molar-refractivity contribution in [2.75, 3.05) is 24.6 Å². The number of aliphatic hydroxyl groups is 1. The van der Waals surface area contributed by atoms with Crippen LogP contribution >= 0.6 is 0 Å². The molecule has 1 fully saturated rings. The minimum Gasteiger partial charge on any atom is -0.444 e. The fourth-order valence-corrected chi connectivity index (χ4v) is 5.71. The van der Waals surface area contributed by atoms with E-state index in [9.17, 15) is 14.7 Å². The van der Waals surface area contributed by atoms with Crippen LogP contribution in [0, 0.1) is 5.82 Å². The SMILES string of the molecule is CC(C)(C)OC(=O)N1CCC[C@@H](N(C(=O)c2ccc(-n3nnc4cccnc43)cc2F)c2nccc3cccc(/C=C/CO)c23)C1. The van der Waals surface area contributed by atoms with Crippen molar-refractivity contribution in [2.24, 2.45) is 0 Å². The number of benzene rings is 2. The molecule has 11 nitrogen and oxygen atoms in total. The second-order valence-electron chi connectivity index (χ2n) is 12.1. The highest BCUT2D eigenvalue weighted by Gasteiger charge is 2.36. The number of nitrogens with zero attached hydrogens (tertiary/aromatic N) is 7. The molecule has 1 N–H and O–H groups in total. The van der Waals surface area contributed by atoms with Gasteiger partial charge in [-0.2, -0.15) is 4.68 Å². The third kappa shape index (κ3) is 6.16. The van der Waals surface area contributed by atoms with Crippen LogP contribution in [0.4, 0.5) is 15.0 Å². The number of amides is 2. The monoisotopic (exact) mass is 623 g/mol. The average molecular weight is 624 g/mol. The summed E-state index contributed by atoms with van der Waals surface area (Å²) in [5.74, 6) is -1.04. The summed E-state index contributed by atoms with van der Waals surface area (Å²) in [7, 11) is 0. The van der Waals surface area contributed by atoms with Gasteiger partial charge < -0.3 is 14.7 Å². The number of anilines is 1. The topological polar surface area (TPSA) is 127 Å². The molecule has 12 heteroatoms. The Morgan fingerprint density at radius 3 is 2.74 bits per heavy atom. The van der Waals surface area contributed by atoms with E-state index in [1.165, 1.54) is 21.7 Å². The summed E-state index contributed by atoms with van der Waals surface area (Å²) in [6.07, 6.45) is 7.23. The van der Waals surface area contributed by atoms with Crippen molar-refractivity contribution in [3.8, 4) is 5.69 Å². The highest BCUT2D eigenvalue weighted by molar-refractivity contribution is 6.12. The molecular formula is C34H34FN7O4. The van der Waals surface area contributed by atoms with Gasteiger partial charge in [-0.1, -0.05) is 35.6 Å². The summed E-state index contributed by atoms with van der Waals surface area (Å²) < 4.78 is 23.1. The summed E-state index contributed by atoms with van der Waals surface area (Å²) >= 11 is 0. The van der Waals surface area contributed by atoms with Gasteiger partial charge in [0, 0.05) is 36.9 Å². The molecule has 0 radical (unpaired) electrons. The Bertz CT molecular complexity index is 1950. The molecule has 46 heavy (non-hydrogen) atoms. The maximum atomic E-state index is 16.0. The van der Waals surface area contributed by atoms with Gasteiger partial charge in [0.2, 0.25) is 0 Å². The van der Waals surface area contributed by atoms with E-state index in [0.29, 0.717) is 47.4 Å². The van der Waals surface area contributed by atoms with Gasteiger partial charge in [0.15, 0.2) is 5.65 Å². The van der Waals surface area contributed by atoms with Gasteiger partial charge in [-0.3, -0.25) is 9.69 Å². The van der Waals surface area contributed by atoms with Crippen molar-refractivity contribution >= 4 is 45.8 Å². The van der Waals surface area contributed by atoms with E-state index in [1.54, 1.807) is 68.4 Å². The molecule has 1 aliphatic heterocycles. The quantitative estimate of drug-likeness (QED) is 0.261. The van der Waals surface area contributed by atoms with E-state index < -0.39 is 29.5 Å². The lowest BCUT2D eigenvalue weighted by Crippen LogP contribution is -2.53. The Labute approximate surface area is 264 Å². The summed E-state index contributed by atoms with van der Waals surface area (Å²) in [5.41, 5.74) is 1.23. The predicted octanol–water partition coefficient (Wildman–Crippen LogP) is 5.55. The van der Waals surface area contributed by atoms with Crippen molar-refractivity contribution in [1.82, 2.24) is 29.9 Å². The second-order valence-corrected chi connectivity index (χ2v) is 12.1. The van der Waals surface area contributed by atoms with Crippen LogP contribution in [-0.4, -0.2) is 78.3 Å². The molecule has 3 aromatic heterocycles. The van der Waals surface area contributed by atoms with Crippen LogP contribution in [0.15, 0.2) is 73.1 Å². The maximum Gasteiger partial charge on any atom is 0.410 e. The minimum atomic E-state index is -0.757. The van der Waals surface area contributed by atoms with E-state index in [1.807, 2.05) is 24.3 Å².